The second-order valence-corrected chi connectivity index (χ2v) is 4.72. The highest BCUT2D eigenvalue weighted by molar-refractivity contribution is 5.90. The summed E-state index contributed by atoms with van der Waals surface area (Å²) in [5.74, 6) is 1.34. The molecule has 4 aromatic rings. The molecule has 0 atom stereocenters. The Morgan fingerprint density at radius 1 is 1.12 bits per heavy atom. The summed E-state index contributed by atoms with van der Waals surface area (Å²) >= 11 is 0. The zero-order chi connectivity index (χ0) is 18.4. The topological polar surface area (TPSA) is 100 Å². The zero-order valence-electron chi connectivity index (χ0n) is 15.4. The van der Waals surface area contributed by atoms with Crippen LogP contribution in [0.2, 0.25) is 0 Å². The first-order valence-corrected chi connectivity index (χ1v) is 8.69. The molecule has 0 aliphatic carbocycles. The molecule has 0 spiro atoms. The first kappa shape index (κ1) is 18.4. The zero-order valence-corrected chi connectivity index (χ0v) is 15.4. The van der Waals surface area contributed by atoms with E-state index in [0.29, 0.717) is 17.2 Å². The Bertz CT molecular complexity index is 922. The van der Waals surface area contributed by atoms with E-state index in [2.05, 4.69) is 27.1 Å². The summed E-state index contributed by atoms with van der Waals surface area (Å²) in [6.45, 7) is 10.9. The number of fused-ring (bicyclic) bond motifs is 3. The Balaban J connectivity index is 0.000000528. The third kappa shape index (κ3) is 3.33. The maximum absolute atomic E-state index is 5.99. The number of furan rings is 1. The van der Waals surface area contributed by atoms with Crippen LogP contribution in [0.4, 0.5) is 5.95 Å². The van der Waals surface area contributed by atoms with E-state index in [1.54, 1.807) is 24.6 Å². The number of hydrogen-bond acceptors (Lipinski definition) is 6. The number of aryl methyl sites for hydroxylation is 1. The second kappa shape index (κ2) is 8.27. The van der Waals surface area contributed by atoms with Crippen molar-refractivity contribution in [2.45, 2.75) is 47.6 Å². The smallest absolute Gasteiger partial charge is 0.225 e. The molecule has 8 nitrogen and oxygen atoms in total. The molecule has 25 heavy (non-hydrogen) atoms. The van der Waals surface area contributed by atoms with Crippen LogP contribution < -0.4 is 5.73 Å². The summed E-state index contributed by atoms with van der Waals surface area (Å²) in [4.78, 5) is 8.89. The van der Waals surface area contributed by atoms with Gasteiger partial charge in [-0.25, -0.2) is 9.67 Å². The van der Waals surface area contributed by atoms with E-state index in [-0.39, 0.29) is 5.95 Å². The first-order valence-electron chi connectivity index (χ1n) is 8.69. The lowest BCUT2D eigenvalue weighted by Crippen LogP contribution is -2.05. The number of nitrogens with two attached hydrogens (primary N) is 1. The highest BCUT2D eigenvalue weighted by Gasteiger charge is 2.16. The third-order valence-electron chi connectivity index (χ3n) is 3.27. The second-order valence-electron chi connectivity index (χ2n) is 4.72. The minimum absolute atomic E-state index is 0.278. The van der Waals surface area contributed by atoms with Crippen LogP contribution in [0.15, 0.2) is 29.0 Å². The number of nitrogens with zero attached hydrogens (tertiary/aromatic N) is 6. The largest absolute Gasteiger partial charge is 0.461 e. The molecule has 8 heteroatoms. The van der Waals surface area contributed by atoms with Gasteiger partial charge in [-0.1, -0.05) is 34.6 Å². The number of anilines is 1. The van der Waals surface area contributed by atoms with Crippen molar-refractivity contribution in [2.24, 2.45) is 0 Å². The van der Waals surface area contributed by atoms with Crippen molar-refractivity contribution in [2.75, 3.05) is 5.73 Å². The number of rotatable bonds is 3. The van der Waals surface area contributed by atoms with E-state index in [9.17, 15) is 0 Å². The molecule has 4 aromatic heterocycles. The van der Waals surface area contributed by atoms with Gasteiger partial charge in [-0.2, -0.15) is 14.6 Å². The van der Waals surface area contributed by atoms with Gasteiger partial charge in [-0.15, -0.1) is 5.10 Å². The van der Waals surface area contributed by atoms with Crippen molar-refractivity contribution in [3.05, 3.63) is 24.6 Å². The molecule has 0 aliphatic heterocycles. The van der Waals surface area contributed by atoms with Crippen LogP contribution in [0.1, 0.15) is 41.0 Å². The highest BCUT2D eigenvalue weighted by atomic mass is 16.3. The van der Waals surface area contributed by atoms with Crippen molar-refractivity contribution >= 4 is 22.6 Å². The van der Waals surface area contributed by atoms with Gasteiger partial charge < -0.3 is 10.2 Å². The Labute approximate surface area is 146 Å². The molecule has 0 aliphatic rings. The van der Waals surface area contributed by atoms with Crippen LogP contribution >= 0.6 is 0 Å². The monoisotopic (exact) mass is 343 g/mol. The van der Waals surface area contributed by atoms with Crippen molar-refractivity contribution in [3.8, 4) is 11.6 Å². The normalized spacial score (nSPS) is 10.3. The van der Waals surface area contributed by atoms with Crippen molar-refractivity contribution in [1.29, 1.82) is 0 Å². The third-order valence-corrected chi connectivity index (χ3v) is 3.27. The molecule has 2 N–H and O–H groups in total. The summed E-state index contributed by atoms with van der Waals surface area (Å²) in [5.41, 5.74) is 7.34. The Morgan fingerprint density at radius 2 is 1.88 bits per heavy atom. The molecule has 0 saturated carbocycles. The van der Waals surface area contributed by atoms with Gasteiger partial charge in [0.05, 0.1) is 17.8 Å². The lowest BCUT2D eigenvalue weighted by molar-refractivity contribution is 0.577. The molecule has 0 amide bonds. The van der Waals surface area contributed by atoms with Gasteiger partial charge in [0.2, 0.25) is 11.8 Å². The molecule has 0 unspecified atom stereocenters. The van der Waals surface area contributed by atoms with Gasteiger partial charge in [0.15, 0.2) is 17.1 Å². The summed E-state index contributed by atoms with van der Waals surface area (Å²) in [6.07, 6.45) is 4.29. The van der Waals surface area contributed by atoms with E-state index in [1.165, 1.54) is 4.52 Å². The molecule has 4 heterocycles. The Kier molecular flexibility index (Phi) is 6.10. The van der Waals surface area contributed by atoms with E-state index in [0.717, 1.165) is 24.0 Å². The molecular weight excluding hydrogens is 318 g/mol. The minimum Gasteiger partial charge on any atom is -0.461 e. The van der Waals surface area contributed by atoms with Gasteiger partial charge in [0.25, 0.3) is 0 Å². The standard InChI is InChI=1S/C13H13N7O.2C2H6/c1-2-5-19-11-8(7-15-19)12-16-10(9-4-3-6-21-9)18-20(12)13(14)17-11;2*1-2/h3-4,6-7H,2,5H2,1H3,(H2,14,17);2*1-2H3. The first-order chi connectivity index (χ1) is 12.3. The molecule has 0 bridgehead atoms. The lowest BCUT2D eigenvalue weighted by Gasteiger charge is -2.01. The lowest BCUT2D eigenvalue weighted by atomic mass is 10.4. The van der Waals surface area contributed by atoms with Gasteiger partial charge in [-0.3, -0.25) is 0 Å². The predicted molar refractivity (Wildman–Crippen MR) is 99.2 cm³/mol. The van der Waals surface area contributed by atoms with Crippen LogP contribution in [0.5, 0.6) is 0 Å². The van der Waals surface area contributed by atoms with Crippen LogP contribution in [-0.2, 0) is 6.54 Å². The SMILES string of the molecule is CC.CC.CCCn1ncc2c1nc(N)n1nc(-c3ccco3)nc21. The fourth-order valence-electron chi connectivity index (χ4n) is 2.34. The van der Waals surface area contributed by atoms with Gasteiger partial charge in [-0.05, 0) is 18.6 Å². The number of hydrogen-bond donors (Lipinski definition) is 1. The quantitative estimate of drug-likeness (QED) is 0.607. The van der Waals surface area contributed by atoms with Crippen molar-refractivity contribution < 1.29 is 4.42 Å². The van der Waals surface area contributed by atoms with Crippen molar-refractivity contribution in [1.82, 2.24) is 29.4 Å². The molecule has 0 radical (unpaired) electrons. The van der Waals surface area contributed by atoms with Crippen molar-refractivity contribution in [3.63, 3.8) is 0 Å². The summed E-state index contributed by atoms with van der Waals surface area (Å²) in [7, 11) is 0. The Morgan fingerprint density at radius 3 is 2.52 bits per heavy atom. The summed E-state index contributed by atoms with van der Waals surface area (Å²) in [5, 5.41) is 9.51. The summed E-state index contributed by atoms with van der Waals surface area (Å²) in [6, 6.07) is 3.59. The minimum atomic E-state index is 0.278. The average molecular weight is 343 g/mol. The summed E-state index contributed by atoms with van der Waals surface area (Å²) < 4.78 is 8.66. The van der Waals surface area contributed by atoms with E-state index in [1.807, 2.05) is 32.4 Å². The van der Waals surface area contributed by atoms with E-state index >= 15 is 0 Å². The fraction of sp³-hybridized carbons (Fsp3) is 0.412. The van der Waals surface area contributed by atoms with Gasteiger partial charge >= 0.3 is 0 Å². The average Bonchev–Trinajstić information content (AvgIpc) is 3.38. The van der Waals surface area contributed by atoms with E-state index < -0.39 is 0 Å². The number of aromatic nitrogens is 6. The van der Waals surface area contributed by atoms with Gasteiger partial charge in [0, 0.05) is 6.54 Å². The predicted octanol–water partition coefficient (Wildman–Crippen LogP) is 3.78. The maximum Gasteiger partial charge on any atom is 0.225 e. The molecule has 0 aromatic carbocycles. The van der Waals surface area contributed by atoms with Gasteiger partial charge in [0.1, 0.15) is 0 Å². The highest BCUT2D eigenvalue weighted by Crippen LogP contribution is 2.23. The van der Waals surface area contributed by atoms with E-state index in [4.69, 9.17) is 10.2 Å². The Hall–Kier alpha value is -2.90. The van der Waals surface area contributed by atoms with Crippen LogP contribution in [0.3, 0.4) is 0 Å². The fourth-order valence-corrected chi connectivity index (χ4v) is 2.34. The number of nitrogen functional groups attached to an aromatic ring is 1. The molecule has 134 valence electrons. The van der Waals surface area contributed by atoms with Crippen LogP contribution in [0, 0.1) is 0 Å². The maximum atomic E-state index is 5.99. The molecule has 0 saturated heterocycles. The molecule has 0 fully saturated rings. The molecular formula is C17H25N7O. The van der Waals surface area contributed by atoms with Crippen LogP contribution in [0.25, 0.3) is 28.3 Å². The molecule has 4 rings (SSSR count). The van der Waals surface area contributed by atoms with Crippen LogP contribution in [-0.4, -0.2) is 29.4 Å².